The van der Waals surface area contributed by atoms with Gasteiger partial charge in [-0.15, -0.1) is 0 Å². The lowest BCUT2D eigenvalue weighted by Crippen LogP contribution is -2.31. The van der Waals surface area contributed by atoms with E-state index < -0.39 is 0 Å². The van der Waals surface area contributed by atoms with E-state index >= 15 is 0 Å². The highest BCUT2D eigenvalue weighted by atomic mass is 16.5. The van der Waals surface area contributed by atoms with Crippen LogP contribution in [0.15, 0.2) is 30.5 Å². The third kappa shape index (κ3) is 5.00. The van der Waals surface area contributed by atoms with Crippen LogP contribution in [0.2, 0.25) is 0 Å². The average molecular weight is 359 g/mol. The number of hydrogen-bond donors (Lipinski definition) is 1. The van der Waals surface area contributed by atoms with E-state index in [4.69, 9.17) is 9.47 Å². The molecule has 2 rings (SSSR count). The molecule has 1 amide bonds. The minimum absolute atomic E-state index is 0.0487. The molecule has 1 aromatic carbocycles. The second-order valence-corrected chi connectivity index (χ2v) is 6.72. The van der Waals surface area contributed by atoms with Crippen molar-refractivity contribution in [3.05, 3.63) is 41.7 Å². The number of ether oxygens (including phenoxy) is 2. The quantitative estimate of drug-likeness (QED) is 0.748. The van der Waals surface area contributed by atoms with Crippen LogP contribution < -0.4 is 14.8 Å². The summed E-state index contributed by atoms with van der Waals surface area (Å²) in [6, 6.07) is 7.75. The van der Waals surface area contributed by atoms with Crippen molar-refractivity contribution in [3.8, 4) is 11.5 Å². The van der Waals surface area contributed by atoms with Crippen LogP contribution in [0.25, 0.3) is 0 Å². The predicted molar refractivity (Wildman–Crippen MR) is 102 cm³/mol. The first kappa shape index (κ1) is 19.8. The number of hydrogen-bond acceptors (Lipinski definition) is 4. The van der Waals surface area contributed by atoms with Gasteiger partial charge in [0.1, 0.15) is 0 Å². The Bertz CT molecular complexity index is 725. The molecule has 1 heterocycles. The Morgan fingerprint density at radius 3 is 2.50 bits per heavy atom. The van der Waals surface area contributed by atoms with Gasteiger partial charge in [-0.3, -0.25) is 9.48 Å². The molecule has 0 spiro atoms. The van der Waals surface area contributed by atoms with Crippen LogP contribution in [0.5, 0.6) is 11.5 Å². The number of aryl methyl sites for hydroxylation is 2. The largest absolute Gasteiger partial charge is 0.493 e. The van der Waals surface area contributed by atoms with E-state index in [2.05, 4.69) is 24.3 Å². The van der Waals surface area contributed by atoms with Gasteiger partial charge in [0, 0.05) is 37.8 Å². The van der Waals surface area contributed by atoms with Crippen LogP contribution >= 0.6 is 0 Å². The van der Waals surface area contributed by atoms with Gasteiger partial charge in [-0.2, -0.15) is 5.10 Å². The summed E-state index contributed by atoms with van der Waals surface area (Å²) < 4.78 is 12.4. The van der Waals surface area contributed by atoms with Gasteiger partial charge in [0.2, 0.25) is 5.91 Å². The second-order valence-electron chi connectivity index (χ2n) is 6.72. The van der Waals surface area contributed by atoms with Gasteiger partial charge < -0.3 is 14.8 Å². The summed E-state index contributed by atoms with van der Waals surface area (Å²) in [5.41, 5.74) is 2.19. The van der Waals surface area contributed by atoms with Crippen LogP contribution in [-0.2, 0) is 18.3 Å². The van der Waals surface area contributed by atoms with Gasteiger partial charge >= 0.3 is 0 Å². The molecular formula is C20H29N3O3. The third-order valence-electron chi connectivity index (χ3n) is 4.65. The zero-order valence-electron chi connectivity index (χ0n) is 16.3. The molecule has 0 saturated heterocycles. The first-order valence-corrected chi connectivity index (χ1v) is 8.91. The zero-order valence-corrected chi connectivity index (χ0v) is 16.3. The van der Waals surface area contributed by atoms with Gasteiger partial charge in [-0.25, -0.2) is 0 Å². The molecule has 142 valence electrons. The van der Waals surface area contributed by atoms with Crippen molar-refractivity contribution >= 4 is 5.91 Å². The van der Waals surface area contributed by atoms with Gasteiger partial charge in [0.25, 0.3) is 0 Å². The smallest absolute Gasteiger partial charge is 0.220 e. The summed E-state index contributed by atoms with van der Waals surface area (Å²) in [5.74, 6) is 2.08. The summed E-state index contributed by atoms with van der Waals surface area (Å²) in [4.78, 5) is 12.3. The molecule has 6 nitrogen and oxygen atoms in total. The topological polar surface area (TPSA) is 65.4 Å². The molecular weight excluding hydrogens is 330 g/mol. The van der Waals surface area contributed by atoms with E-state index in [1.54, 1.807) is 20.4 Å². The van der Waals surface area contributed by atoms with Gasteiger partial charge in [0.15, 0.2) is 11.5 Å². The first-order valence-electron chi connectivity index (χ1n) is 8.91. The lowest BCUT2D eigenvalue weighted by atomic mass is 9.92. The van der Waals surface area contributed by atoms with E-state index in [0.29, 0.717) is 36.8 Å². The number of nitrogens with zero attached hydrogens (tertiary/aromatic N) is 2. The number of aromatic nitrogens is 2. The number of carbonyl (C=O) groups is 1. The standard InChI is InChI=1S/C20H29N3O3/c1-14(2)16(17-10-11-22-23(17)3)13-21-20(24)9-7-15-6-8-18(25-4)19(12-15)26-5/h6,8,10-12,14,16H,7,9,13H2,1-5H3,(H,21,24). The van der Waals surface area contributed by atoms with Gasteiger partial charge in [0.05, 0.1) is 14.2 Å². The molecule has 2 aromatic rings. The lowest BCUT2D eigenvalue weighted by molar-refractivity contribution is -0.121. The number of rotatable bonds is 9. The Balaban J connectivity index is 1.89. The van der Waals surface area contributed by atoms with E-state index in [9.17, 15) is 4.79 Å². The Morgan fingerprint density at radius 2 is 1.92 bits per heavy atom. The van der Waals surface area contributed by atoms with Crippen molar-refractivity contribution < 1.29 is 14.3 Å². The summed E-state index contributed by atoms with van der Waals surface area (Å²) in [6.07, 6.45) is 2.89. The molecule has 0 fully saturated rings. The zero-order chi connectivity index (χ0) is 19.1. The highest BCUT2D eigenvalue weighted by Crippen LogP contribution is 2.28. The molecule has 0 radical (unpaired) electrons. The number of carbonyl (C=O) groups excluding carboxylic acids is 1. The minimum atomic E-state index is 0.0487. The second kappa shape index (κ2) is 9.27. The lowest BCUT2D eigenvalue weighted by Gasteiger charge is -2.21. The monoisotopic (exact) mass is 359 g/mol. The molecule has 0 aliphatic rings. The SMILES string of the molecule is COc1ccc(CCC(=O)NCC(c2ccnn2C)C(C)C)cc1OC. The maximum absolute atomic E-state index is 12.3. The fraction of sp³-hybridized carbons (Fsp3) is 0.500. The Kier molecular flexibility index (Phi) is 7.06. The average Bonchev–Trinajstić information content (AvgIpc) is 3.05. The van der Waals surface area contributed by atoms with E-state index in [1.165, 1.54) is 0 Å². The Labute approximate surface area is 155 Å². The fourth-order valence-corrected chi connectivity index (χ4v) is 3.04. The molecule has 0 bridgehead atoms. The highest BCUT2D eigenvalue weighted by molar-refractivity contribution is 5.76. The minimum Gasteiger partial charge on any atom is -0.493 e. The number of methoxy groups -OCH3 is 2. The van der Waals surface area contributed by atoms with Gasteiger partial charge in [-0.1, -0.05) is 19.9 Å². The van der Waals surface area contributed by atoms with Crippen LogP contribution in [0.1, 0.15) is 37.4 Å². The van der Waals surface area contributed by atoms with E-state index in [1.807, 2.05) is 36.0 Å². The predicted octanol–water partition coefficient (Wildman–Crippen LogP) is 2.93. The van der Waals surface area contributed by atoms with E-state index in [0.717, 1.165) is 11.3 Å². The summed E-state index contributed by atoms with van der Waals surface area (Å²) >= 11 is 0. The molecule has 1 unspecified atom stereocenters. The van der Waals surface area contributed by atoms with Crippen molar-refractivity contribution in [1.29, 1.82) is 0 Å². The highest BCUT2D eigenvalue weighted by Gasteiger charge is 2.19. The van der Waals surface area contributed by atoms with Crippen LogP contribution in [0, 0.1) is 5.92 Å². The molecule has 0 aliphatic carbocycles. The molecule has 6 heteroatoms. The molecule has 0 aliphatic heterocycles. The van der Waals surface area contributed by atoms with Crippen molar-refractivity contribution in [3.63, 3.8) is 0 Å². The number of amides is 1. The summed E-state index contributed by atoms with van der Waals surface area (Å²) in [5, 5.41) is 7.30. The number of nitrogens with one attached hydrogen (secondary N) is 1. The van der Waals surface area contributed by atoms with Crippen molar-refractivity contribution in [2.75, 3.05) is 20.8 Å². The number of benzene rings is 1. The van der Waals surface area contributed by atoms with Crippen molar-refractivity contribution in [2.24, 2.45) is 13.0 Å². The molecule has 26 heavy (non-hydrogen) atoms. The summed E-state index contributed by atoms with van der Waals surface area (Å²) in [7, 11) is 5.15. The first-order chi connectivity index (χ1) is 12.5. The normalized spacial score (nSPS) is 12.1. The van der Waals surface area contributed by atoms with E-state index in [-0.39, 0.29) is 11.8 Å². The van der Waals surface area contributed by atoms with Crippen LogP contribution in [0.4, 0.5) is 0 Å². The maximum atomic E-state index is 12.3. The summed E-state index contributed by atoms with van der Waals surface area (Å²) in [6.45, 7) is 4.93. The fourth-order valence-electron chi connectivity index (χ4n) is 3.04. The molecule has 1 atom stereocenters. The Hall–Kier alpha value is -2.50. The van der Waals surface area contributed by atoms with Crippen molar-refractivity contribution in [1.82, 2.24) is 15.1 Å². The molecule has 1 aromatic heterocycles. The van der Waals surface area contributed by atoms with Crippen LogP contribution in [0.3, 0.4) is 0 Å². The van der Waals surface area contributed by atoms with Crippen LogP contribution in [-0.4, -0.2) is 36.5 Å². The van der Waals surface area contributed by atoms with Crippen molar-refractivity contribution in [2.45, 2.75) is 32.6 Å². The molecule has 1 N–H and O–H groups in total. The Morgan fingerprint density at radius 1 is 1.19 bits per heavy atom. The molecule has 0 saturated carbocycles. The third-order valence-corrected chi connectivity index (χ3v) is 4.65. The maximum Gasteiger partial charge on any atom is 0.220 e. The van der Waals surface area contributed by atoms with Gasteiger partial charge in [-0.05, 0) is 36.1 Å².